The number of urea groups is 1. The fourth-order valence-electron chi connectivity index (χ4n) is 2.75. The van der Waals surface area contributed by atoms with E-state index in [9.17, 15) is 9.59 Å². The molecule has 3 heterocycles. The number of quaternary nitrogens is 1. The minimum absolute atomic E-state index is 0. The van der Waals surface area contributed by atoms with Gasteiger partial charge in [-0.2, -0.15) is 14.4 Å². The van der Waals surface area contributed by atoms with Gasteiger partial charge in [-0.15, -0.1) is 4.33 Å². The van der Waals surface area contributed by atoms with Crippen LogP contribution in [0, 0.1) is 0 Å². The molecule has 1 atom stereocenters. The quantitative estimate of drug-likeness (QED) is 0.122. The Balaban J connectivity index is 0.00000261. The van der Waals surface area contributed by atoms with E-state index in [1.165, 1.54) is 0 Å². The Labute approximate surface area is 181 Å². The minimum Gasteiger partial charge on any atom is -0.356 e. The molecule has 5 N–H and O–H groups in total. The molecule has 14 heteroatoms. The maximum atomic E-state index is 12.2. The summed E-state index contributed by atoms with van der Waals surface area (Å²) in [5.41, 5.74) is 5.08. The molecule has 0 aliphatic carbocycles. The third-order valence-corrected chi connectivity index (χ3v) is 4.19. The van der Waals surface area contributed by atoms with Crippen LogP contribution in [0.25, 0.3) is 5.70 Å². The van der Waals surface area contributed by atoms with Crippen molar-refractivity contribution in [3.05, 3.63) is 24.0 Å². The number of amides is 3. The normalized spacial score (nSPS) is 18.4. The van der Waals surface area contributed by atoms with Gasteiger partial charge in [-0.3, -0.25) is 4.79 Å². The molecule has 0 aromatic carbocycles. The summed E-state index contributed by atoms with van der Waals surface area (Å²) in [5.74, 6) is -0.113. The van der Waals surface area contributed by atoms with Crippen LogP contribution in [0.15, 0.2) is 18.3 Å². The molecule has 2 bridgehead atoms. The standard InChI is InChI=1S/C13H18N6O6S.Na/c14-2-3-15-12(20)5-9-1-4-18(16-9)10-6-11-8-17(7-10)13(21)19(11)23-26-25-24-22;/h1,4,6,11,22H,2-3,5,7-8,14H2,(H,15,20);/q;+1/p+1. The summed E-state index contributed by atoms with van der Waals surface area (Å²) in [4.78, 5) is 25.6. The van der Waals surface area contributed by atoms with Crippen LogP contribution >= 0.6 is 12.3 Å². The number of aromatic nitrogens is 2. The number of hydrogen-bond donors (Lipinski definition) is 3. The first-order valence-corrected chi connectivity index (χ1v) is 8.50. The number of rotatable bonds is 9. The van der Waals surface area contributed by atoms with Gasteiger partial charge in [0.2, 0.25) is 18.2 Å². The summed E-state index contributed by atoms with van der Waals surface area (Å²) >= 11 is 0.323. The van der Waals surface area contributed by atoms with Crippen molar-refractivity contribution in [2.45, 2.75) is 12.5 Å². The van der Waals surface area contributed by atoms with Crippen molar-refractivity contribution in [2.75, 3.05) is 26.2 Å². The van der Waals surface area contributed by atoms with Crippen molar-refractivity contribution in [1.82, 2.24) is 25.1 Å². The predicted octanol–water partition coefficient (Wildman–Crippen LogP) is -4.34. The van der Waals surface area contributed by atoms with Crippen LogP contribution in [0.3, 0.4) is 0 Å². The van der Waals surface area contributed by atoms with Crippen molar-refractivity contribution >= 4 is 30.0 Å². The van der Waals surface area contributed by atoms with E-state index in [0.29, 0.717) is 44.2 Å². The molecule has 1 fully saturated rings. The average molecular weight is 410 g/mol. The molecule has 0 saturated carbocycles. The molecule has 27 heavy (non-hydrogen) atoms. The number of hydroxylamine groups is 2. The van der Waals surface area contributed by atoms with Crippen molar-refractivity contribution in [3.63, 3.8) is 0 Å². The van der Waals surface area contributed by atoms with Crippen LogP contribution in [-0.2, 0) is 24.9 Å². The van der Waals surface area contributed by atoms with Crippen LogP contribution in [0.1, 0.15) is 5.69 Å². The molecule has 2 aliphatic heterocycles. The summed E-state index contributed by atoms with van der Waals surface area (Å²) in [7, 11) is 0. The van der Waals surface area contributed by atoms with Crippen LogP contribution in [-0.4, -0.2) is 69.2 Å². The molecule has 2 aliphatic rings. The molecule has 1 saturated heterocycles. The molecular formula is C13H19N6NaO6S+2. The smallest absolute Gasteiger partial charge is 0.356 e. The number of nitrogens with zero attached hydrogens (tertiary/aromatic N) is 4. The first kappa shape index (κ1) is 22.1. The SMILES string of the molecule is [NH3+]CCNC(=O)Cc1ccn(C2=CC3CN(C2)C(=O)N3OSOOO)n1.[Na+]. The Kier molecular flexibility index (Phi) is 8.53. The third-order valence-electron chi connectivity index (χ3n) is 3.85. The van der Waals surface area contributed by atoms with E-state index in [1.54, 1.807) is 21.8 Å². The van der Waals surface area contributed by atoms with E-state index in [4.69, 9.17) is 9.54 Å². The topological polar surface area (TPSA) is 146 Å². The molecule has 1 aromatic rings. The van der Waals surface area contributed by atoms with Gasteiger partial charge in [0.15, 0.2) is 0 Å². The van der Waals surface area contributed by atoms with Crippen molar-refractivity contribution in [3.8, 4) is 0 Å². The Hall–Kier alpha value is -1.16. The van der Waals surface area contributed by atoms with Crippen molar-refractivity contribution in [2.24, 2.45) is 0 Å². The molecule has 1 unspecified atom stereocenters. The van der Waals surface area contributed by atoms with Gasteiger partial charge < -0.3 is 16.0 Å². The van der Waals surface area contributed by atoms with Gasteiger partial charge in [0.1, 0.15) is 6.04 Å². The van der Waals surface area contributed by atoms with Gasteiger partial charge in [-0.25, -0.2) is 14.7 Å². The van der Waals surface area contributed by atoms with Crippen LogP contribution in [0.4, 0.5) is 4.79 Å². The second-order valence-corrected chi connectivity index (χ2v) is 6.05. The summed E-state index contributed by atoms with van der Waals surface area (Å²) in [5, 5.41) is 19.8. The Morgan fingerprint density at radius 3 is 3.07 bits per heavy atom. The third kappa shape index (κ3) is 5.43. The Morgan fingerprint density at radius 1 is 1.52 bits per heavy atom. The Morgan fingerprint density at radius 2 is 2.33 bits per heavy atom. The minimum atomic E-state index is -0.339. The molecule has 3 amide bonds. The second-order valence-electron chi connectivity index (χ2n) is 5.63. The number of carbonyl (C=O) groups is 2. The van der Waals surface area contributed by atoms with Crippen molar-refractivity contribution in [1.29, 1.82) is 0 Å². The summed E-state index contributed by atoms with van der Waals surface area (Å²) < 4.78 is 10.8. The van der Waals surface area contributed by atoms with E-state index in [1.807, 2.05) is 6.08 Å². The predicted molar refractivity (Wildman–Crippen MR) is 87.0 cm³/mol. The molecular weight excluding hydrogens is 391 g/mol. The summed E-state index contributed by atoms with van der Waals surface area (Å²) in [6, 6.07) is 1.08. The monoisotopic (exact) mass is 410 g/mol. The van der Waals surface area contributed by atoms with E-state index < -0.39 is 0 Å². The van der Waals surface area contributed by atoms with Crippen molar-refractivity contribution < 1.29 is 63.8 Å². The first-order chi connectivity index (χ1) is 12.6. The van der Waals surface area contributed by atoms with E-state index in [0.717, 1.165) is 10.8 Å². The molecule has 12 nitrogen and oxygen atoms in total. The maximum Gasteiger partial charge on any atom is 1.00 e. The van der Waals surface area contributed by atoms with Gasteiger partial charge in [-0.05, 0) is 12.1 Å². The summed E-state index contributed by atoms with van der Waals surface area (Å²) in [6.45, 7) is 1.98. The molecule has 0 spiro atoms. The van der Waals surface area contributed by atoms with Gasteiger partial charge in [0.25, 0.3) is 0 Å². The van der Waals surface area contributed by atoms with Gasteiger partial charge >= 0.3 is 35.6 Å². The number of hydrogen-bond acceptors (Lipinski definition) is 8. The summed E-state index contributed by atoms with van der Waals surface area (Å²) in [6.07, 6.45) is 3.77. The Bertz CT molecular complexity index is 703. The molecule has 142 valence electrons. The van der Waals surface area contributed by atoms with Crippen LogP contribution < -0.4 is 40.6 Å². The zero-order chi connectivity index (χ0) is 18.5. The maximum absolute atomic E-state index is 12.2. The first-order valence-electron chi connectivity index (χ1n) is 7.83. The van der Waals surface area contributed by atoms with E-state index >= 15 is 0 Å². The fourth-order valence-corrected chi connectivity index (χ4v) is 3.04. The molecule has 3 rings (SSSR count). The van der Waals surface area contributed by atoms with Gasteiger partial charge in [0, 0.05) is 12.7 Å². The zero-order valence-electron chi connectivity index (χ0n) is 14.7. The van der Waals surface area contributed by atoms with Gasteiger partial charge in [-0.1, -0.05) is 5.04 Å². The average Bonchev–Trinajstić information content (AvgIpc) is 3.18. The largest absolute Gasteiger partial charge is 1.00 e. The second kappa shape index (κ2) is 10.4. The number of nitrogens with one attached hydrogen (secondary N) is 1. The zero-order valence-corrected chi connectivity index (χ0v) is 17.6. The van der Waals surface area contributed by atoms with E-state index in [-0.39, 0.29) is 54.0 Å². The van der Waals surface area contributed by atoms with Crippen LogP contribution in [0.2, 0.25) is 0 Å². The van der Waals surface area contributed by atoms with E-state index in [2.05, 4.69) is 25.5 Å². The fraction of sp³-hybridized carbons (Fsp3) is 0.462. The number of fused-ring (bicyclic) bond motifs is 2. The molecule has 1 aromatic heterocycles. The van der Waals surface area contributed by atoms with Gasteiger partial charge in [0.05, 0.1) is 37.4 Å². The van der Waals surface area contributed by atoms with Crippen LogP contribution in [0.5, 0.6) is 0 Å². The number of carbonyl (C=O) groups excluding carboxylic acids is 2. The molecule has 0 radical (unpaired) electrons.